The molecule has 10 heavy (non-hydrogen) atoms. The Bertz CT molecular complexity index is 53.6. The minimum atomic E-state index is 0.250. The highest BCUT2D eigenvalue weighted by Crippen LogP contribution is 1.95. The number of rotatable bonds is 4. The van der Waals surface area contributed by atoms with Crippen LogP contribution in [0.2, 0.25) is 0 Å². The van der Waals surface area contributed by atoms with E-state index in [9.17, 15) is 0 Å². The van der Waals surface area contributed by atoms with E-state index in [-0.39, 0.29) is 6.41 Å². The van der Waals surface area contributed by atoms with Crippen LogP contribution in [0.25, 0.3) is 0 Å². The van der Waals surface area contributed by atoms with E-state index in [1.807, 2.05) is 0 Å². The zero-order valence-electron chi connectivity index (χ0n) is 6.68. The standard InChI is InChI=1S/C6H15N.CH3NO/c1-2-3-4-5-6-7;2-1-3/h2-7H2,1H3;1H,(H2,2,3). The number of hydrogen-bond acceptors (Lipinski definition) is 2. The summed E-state index contributed by atoms with van der Waals surface area (Å²) >= 11 is 0. The van der Waals surface area contributed by atoms with Crippen molar-refractivity contribution in [3.05, 3.63) is 0 Å². The molecule has 0 bridgehead atoms. The summed E-state index contributed by atoms with van der Waals surface area (Å²) < 4.78 is 0. The van der Waals surface area contributed by atoms with E-state index in [0.717, 1.165) is 6.54 Å². The van der Waals surface area contributed by atoms with Crippen molar-refractivity contribution in [1.82, 2.24) is 0 Å². The van der Waals surface area contributed by atoms with Gasteiger partial charge in [0.2, 0.25) is 6.41 Å². The third kappa shape index (κ3) is 26.1. The highest BCUT2D eigenvalue weighted by Gasteiger charge is 1.80. The molecule has 0 aromatic rings. The third-order valence-electron chi connectivity index (χ3n) is 1.06. The summed E-state index contributed by atoms with van der Waals surface area (Å²) in [5, 5.41) is 0. The Hall–Kier alpha value is -0.570. The van der Waals surface area contributed by atoms with Crippen LogP contribution in [0, 0.1) is 0 Å². The van der Waals surface area contributed by atoms with Crippen LogP contribution < -0.4 is 11.5 Å². The van der Waals surface area contributed by atoms with Gasteiger partial charge in [-0.25, -0.2) is 0 Å². The molecule has 1 amide bonds. The van der Waals surface area contributed by atoms with Gasteiger partial charge in [0.15, 0.2) is 0 Å². The summed E-state index contributed by atoms with van der Waals surface area (Å²) in [6.07, 6.45) is 5.41. The number of hydrogen-bond donors (Lipinski definition) is 2. The first-order valence-electron chi connectivity index (χ1n) is 3.68. The molecule has 0 fully saturated rings. The van der Waals surface area contributed by atoms with Crippen molar-refractivity contribution in [2.24, 2.45) is 11.5 Å². The third-order valence-corrected chi connectivity index (χ3v) is 1.06. The van der Waals surface area contributed by atoms with Gasteiger partial charge in [0.1, 0.15) is 0 Å². The van der Waals surface area contributed by atoms with Gasteiger partial charge in [-0.2, -0.15) is 0 Å². The molecule has 0 unspecified atom stereocenters. The van der Waals surface area contributed by atoms with Gasteiger partial charge >= 0.3 is 0 Å². The Morgan fingerprint density at radius 1 is 1.30 bits per heavy atom. The lowest BCUT2D eigenvalue weighted by Crippen LogP contribution is -1.97. The first-order valence-corrected chi connectivity index (χ1v) is 3.68. The Morgan fingerprint density at radius 2 is 1.80 bits per heavy atom. The van der Waals surface area contributed by atoms with E-state index < -0.39 is 0 Å². The number of carbonyl (C=O) groups excluding carboxylic acids is 1. The second-order valence-electron chi connectivity index (χ2n) is 1.99. The normalized spacial score (nSPS) is 7.80. The second-order valence-corrected chi connectivity index (χ2v) is 1.99. The van der Waals surface area contributed by atoms with Gasteiger partial charge in [0, 0.05) is 0 Å². The Balaban J connectivity index is 0. The first-order chi connectivity index (χ1) is 4.83. The van der Waals surface area contributed by atoms with Crippen LogP contribution in [-0.4, -0.2) is 13.0 Å². The van der Waals surface area contributed by atoms with Crippen LogP contribution in [0.3, 0.4) is 0 Å². The molecule has 0 heterocycles. The lowest BCUT2D eigenvalue weighted by Gasteiger charge is -1.90. The van der Waals surface area contributed by atoms with Gasteiger partial charge in [0.25, 0.3) is 0 Å². The van der Waals surface area contributed by atoms with Crippen LogP contribution >= 0.6 is 0 Å². The summed E-state index contributed by atoms with van der Waals surface area (Å²) in [5.74, 6) is 0. The summed E-state index contributed by atoms with van der Waals surface area (Å²) in [6.45, 7) is 3.07. The lowest BCUT2D eigenvalue weighted by atomic mass is 10.2. The maximum atomic E-state index is 8.58. The van der Waals surface area contributed by atoms with Gasteiger partial charge in [0.05, 0.1) is 0 Å². The zero-order chi connectivity index (χ0) is 8.24. The van der Waals surface area contributed by atoms with E-state index in [0.29, 0.717) is 0 Å². The number of nitrogens with two attached hydrogens (primary N) is 2. The molecule has 0 saturated carbocycles. The van der Waals surface area contributed by atoms with E-state index >= 15 is 0 Å². The van der Waals surface area contributed by atoms with Crippen molar-refractivity contribution < 1.29 is 4.79 Å². The Kier molecular flexibility index (Phi) is 19.2. The molecule has 0 spiro atoms. The average Bonchev–Trinajstić information content (AvgIpc) is 1.91. The fourth-order valence-corrected chi connectivity index (χ4v) is 0.571. The summed E-state index contributed by atoms with van der Waals surface area (Å²) in [7, 11) is 0. The summed E-state index contributed by atoms with van der Waals surface area (Å²) in [4.78, 5) is 8.58. The van der Waals surface area contributed by atoms with Gasteiger partial charge in [-0.3, -0.25) is 4.79 Å². The van der Waals surface area contributed by atoms with E-state index in [1.54, 1.807) is 0 Å². The first kappa shape index (κ1) is 12.1. The quantitative estimate of drug-likeness (QED) is 0.451. The molecule has 0 aliphatic rings. The van der Waals surface area contributed by atoms with Gasteiger partial charge in [-0.05, 0) is 13.0 Å². The molecule has 4 N–H and O–H groups in total. The van der Waals surface area contributed by atoms with Crippen molar-refractivity contribution >= 4 is 6.41 Å². The molecule has 0 radical (unpaired) electrons. The predicted octanol–water partition coefficient (Wildman–Crippen LogP) is 0.627. The average molecular weight is 146 g/mol. The Labute approximate surface area is 62.8 Å². The fraction of sp³-hybridized carbons (Fsp3) is 0.857. The maximum absolute atomic E-state index is 8.58. The van der Waals surface area contributed by atoms with Crippen LogP contribution in [0.1, 0.15) is 32.6 Å². The monoisotopic (exact) mass is 146 g/mol. The fourth-order valence-electron chi connectivity index (χ4n) is 0.571. The van der Waals surface area contributed by atoms with Crippen molar-refractivity contribution in [1.29, 1.82) is 0 Å². The predicted molar refractivity (Wildman–Crippen MR) is 43.4 cm³/mol. The number of carbonyl (C=O) groups is 1. The van der Waals surface area contributed by atoms with E-state index in [4.69, 9.17) is 10.5 Å². The summed E-state index contributed by atoms with van der Waals surface area (Å²) in [6, 6.07) is 0. The largest absolute Gasteiger partial charge is 0.372 e. The maximum Gasteiger partial charge on any atom is 0.204 e. The molecule has 0 atom stereocenters. The smallest absolute Gasteiger partial charge is 0.204 e. The highest BCUT2D eigenvalue weighted by atomic mass is 16.1. The summed E-state index contributed by atoms with van der Waals surface area (Å²) in [5.41, 5.74) is 9.44. The van der Waals surface area contributed by atoms with Crippen LogP contribution in [0.5, 0.6) is 0 Å². The molecule has 0 aromatic heterocycles. The topological polar surface area (TPSA) is 69.1 Å². The van der Waals surface area contributed by atoms with E-state index in [2.05, 4.69) is 12.7 Å². The molecular formula is C7H18N2O. The lowest BCUT2D eigenvalue weighted by molar-refractivity contribution is -0.106. The minimum absolute atomic E-state index is 0.250. The van der Waals surface area contributed by atoms with Crippen molar-refractivity contribution in [2.45, 2.75) is 32.6 Å². The van der Waals surface area contributed by atoms with Crippen LogP contribution in [0.15, 0.2) is 0 Å². The highest BCUT2D eigenvalue weighted by molar-refractivity contribution is 5.42. The van der Waals surface area contributed by atoms with Crippen LogP contribution in [-0.2, 0) is 4.79 Å². The molecule has 62 valence electrons. The SMILES string of the molecule is CCCCCCN.NC=O. The Morgan fingerprint density at radius 3 is 2.10 bits per heavy atom. The van der Waals surface area contributed by atoms with Gasteiger partial charge < -0.3 is 11.5 Å². The van der Waals surface area contributed by atoms with Crippen molar-refractivity contribution in [3.63, 3.8) is 0 Å². The second kappa shape index (κ2) is 15.8. The molecule has 0 rings (SSSR count). The zero-order valence-corrected chi connectivity index (χ0v) is 6.68. The molecule has 3 nitrogen and oxygen atoms in total. The number of primary amides is 1. The molecule has 0 aliphatic carbocycles. The van der Waals surface area contributed by atoms with Gasteiger partial charge in [-0.15, -0.1) is 0 Å². The molecule has 0 aliphatic heterocycles. The molecular weight excluding hydrogens is 128 g/mol. The number of amides is 1. The molecule has 0 saturated heterocycles. The molecule has 3 heteroatoms. The van der Waals surface area contributed by atoms with Crippen molar-refractivity contribution in [3.8, 4) is 0 Å². The van der Waals surface area contributed by atoms with Gasteiger partial charge in [-0.1, -0.05) is 26.2 Å². The van der Waals surface area contributed by atoms with E-state index in [1.165, 1.54) is 25.7 Å². The minimum Gasteiger partial charge on any atom is -0.372 e. The number of unbranched alkanes of at least 4 members (excludes halogenated alkanes) is 3. The molecule has 0 aromatic carbocycles. The van der Waals surface area contributed by atoms with Crippen molar-refractivity contribution in [2.75, 3.05) is 6.54 Å². The van der Waals surface area contributed by atoms with Crippen LogP contribution in [0.4, 0.5) is 0 Å².